The summed E-state index contributed by atoms with van der Waals surface area (Å²) in [5.41, 5.74) is 2.75. The summed E-state index contributed by atoms with van der Waals surface area (Å²) in [6, 6.07) is 8.76. The summed E-state index contributed by atoms with van der Waals surface area (Å²) in [5, 5.41) is 13.0. The van der Waals surface area contributed by atoms with Crippen molar-refractivity contribution in [2.45, 2.75) is 37.5 Å². The second kappa shape index (κ2) is 8.12. The van der Waals surface area contributed by atoms with E-state index >= 15 is 0 Å². The number of nitrogens with zero attached hydrogens (tertiary/aromatic N) is 3. The molecule has 4 aromatic heterocycles. The van der Waals surface area contributed by atoms with Gasteiger partial charge in [0.2, 0.25) is 23.6 Å². The second-order valence-corrected chi connectivity index (χ2v) is 10.0. The third-order valence-corrected chi connectivity index (χ3v) is 7.82. The Morgan fingerprint density at radius 1 is 0.800 bits per heavy atom. The van der Waals surface area contributed by atoms with Crippen molar-refractivity contribution in [3.8, 4) is 0 Å². The molecule has 6 heterocycles. The summed E-state index contributed by atoms with van der Waals surface area (Å²) in [6.45, 7) is 0. The van der Waals surface area contributed by atoms with Gasteiger partial charge in [0.1, 0.15) is 28.8 Å². The standard InChI is InChI=1S/C28H18N4O8/c33-19-7-3-14(27(35)29-19)23-22-18(40-30-23)6-2-13-16(11-38-26(13)22)32-20(34)8-4-15(28(32)36)24-21-17(39-31-24)5-1-12-9-10-37-25(12)21/h1-2,5-6,9-11,14-15H,3-4,7-8H2,(H,29,33,35)/t14-,15+/m1/s1. The van der Waals surface area contributed by atoms with Gasteiger partial charge in [-0.1, -0.05) is 10.3 Å². The van der Waals surface area contributed by atoms with Gasteiger partial charge >= 0.3 is 0 Å². The van der Waals surface area contributed by atoms with Crippen LogP contribution < -0.4 is 10.2 Å². The van der Waals surface area contributed by atoms with Gasteiger partial charge in [-0.05, 0) is 43.2 Å². The molecule has 12 heteroatoms. The first-order valence-electron chi connectivity index (χ1n) is 12.7. The van der Waals surface area contributed by atoms with E-state index in [0.29, 0.717) is 49.9 Å². The maximum Gasteiger partial charge on any atom is 0.243 e. The van der Waals surface area contributed by atoms with Crippen LogP contribution in [0, 0.1) is 0 Å². The Bertz CT molecular complexity index is 2060. The van der Waals surface area contributed by atoms with Gasteiger partial charge in [-0.3, -0.25) is 24.5 Å². The van der Waals surface area contributed by atoms with Gasteiger partial charge < -0.3 is 17.9 Å². The Balaban J connectivity index is 1.23. The zero-order valence-electron chi connectivity index (χ0n) is 20.6. The topological polar surface area (TPSA) is 162 Å². The van der Waals surface area contributed by atoms with E-state index in [1.54, 1.807) is 24.5 Å². The number of amides is 4. The molecule has 1 N–H and O–H groups in total. The number of hydrogen-bond donors (Lipinski definition) is 1. The number of carbonyl (C=O) groups is 4. The lowest BCUT2D eigenvalue weighted by Gasteiger charge is -2.29. The lowest BCUT2D eigenvalue weighted by Crippen LogP contribution is -2.44. The largest absolute Gasteiger partial charge is 0.463 e. The number of benzene rings is 2. The summed E-state index contributed by atoms with van der Waals surface area (Å²) < 4.78 is 22.6. The van der Waals surface area contributed by atoms with E-state index in [1.807, 2.05) is 12.1 Å². The van der Waals surface area contributed by atoms with Crippen LogP contribution in [0.4, 0.5) is 5.69 Å². The Morgan fingerprint density at radius 3 is 2.33 bits per heavy atom. The van der Waals surface area contributed by atoms with Gasteiger partial charge in [-0.15, -0.1) is 0 Å². The van der Waals surface area contributed by atoms with Crippen LogP contribution in [0.3, 0.4) is 0 Å². The highest BCUT2D eigenvalue weighted by molar-refractivity contribution is 6.24. The van der Waals surface area contributed by atoms with Crippen molar-refractivity contribution < 1.29 is 37.1 Å². The lowest BCUT2D eigenvalue weighted by molar-refractivity contribution is -0.134. The van der Waals surface area contributed by atoms with E-state index < -0.39 is 23.7 Å². The molecule has 0 radical (unpaired) electrons. The number of rotatable bonds is 3. The van der Waals surface area contributed by atoms with Crippen molar-refractivity contribution in [2.24, 2.45) is 0 Å². The molecule has 0 saturated carbocycles. The number of aromatic nitrogens is 2. The number of furan rings is 2. The average Bonchev–Trinajstić information content (AvgIpc) is 3.73. The van der Waals surface area contributed by atoms with E-state index in [4.69, 9.17) is 17.9 Å². The van der Waals surface area contributed by atoms with Crippen LogP contribution in [0.2, 0.25) is 0 Å². The molecule has 40 heavy (non-hydrogen) atoms. The van der Waals surface area contributed by atoms with E-state index in [9.17, 15) is 19.2 Å². The monoisotopic (exact) mass is 538 g/mol. The van der Waals surface area contributed by atoms with Crippen molar-refractivity contribution in [1.82, 2.24) is 15.6 Å². The summed E-state index contributed by atoms with van der Waals surface area (Å²) >= 11 is 0. The third-order valence-electron chi connectivity index (χ3n) is 7.82. The van der Waals surface area contributed by atoms with Crippen molar-refractivity contribution in [1.29, 1.82) is 0 Å². The van der Waals surface area contributed by atoms with Crippen LogP contribution in [-0.4, -0.2) is 33.9 Å². The minimum absolute atomic E-state index is 0.0998. The Morgan fingerprint density at radius 2 is 1.52 bits per heavy atom. The number of imide groups is 2. The molecule has 12 nitrogen and oxygen atoms in total. The third kappa shape index (κ3) is 3.06. The minimum atomic E-state index is -0.752. The highest BCUT2D eigenvalue weighted by atomic mass is 16.5. The first-order valence-corrected chi connectivity index (χ1v) is 12.7. The van der Waals surface area contributed by atoms with Gasteiger partial charge in [0.05, 0.1) is 34.6 Å². The van der Waals surface area contributed by atoms with Gasteiger partial charge in [0.15, 0.2) is 11.2 Å². The Labute approximate surface area is 222 Å². The van der Waals surface area contributed by atoms with E-state index in [-0.39, 0.29) is 43.2 Å². The second-order valence-electron chi connectivity index (χ2n) is 10.0. The number of piperidine rings is 2. The van der Waals surface area contributed by atoms with Gasteiger partial charge in [-0.25, -0.2) is 4.90 Å². The summed E-state index contributed by atoms with van der Waals surface area (Å²) in [5.74, 6) is -3.12. The van der Waals surface area contributed by atoms with Crippen LogP contribution in [0.25, 0.3) is 43.9 Å². The summed E-state index contributed by atoms with van der Waals surface area (Å²) in [4.78, 5) is 52.5. The van der Waals surface area contributed by atoms with Crippen molar-refractivity contribution >= 4 is 73.2 Å². The van der Waals surface area contributed by atoms with E-state index in [1.165, 1.54) is 6.26 Å². The highest BCUT2D eigenvalue weighted by Gasteiger charge is 2.41. The molecule has 198 valence electrons. The van der Waals surface area contributed by atoms with Crippen LogP contribution in [0.15, 0.2) is 60.7 Å². The summed E-state index contributed by atoms with van der Waals surface area (Å²) in [7, 11) is 0. The van der Waals surface area contributed by atoms with Crippen molar-refractivity contribution in [3.63, 3.8) is 0 Å². The zero-order valence-corrected chi connectivity index (χ0v) is 20.6. The molecule has 0 aliphatic carbocycles. The predicted octanol–water partition coefficient (Wildman–Crippen LogP) is 4.42. The molecule has 2 atom stereocenters. The molecule has 2 aliphatic rings. The molecular formula is C28H18N4O8. The predicted molar refractivity (Wildman–Crippen MR) is 137 cm³/mol. The quantitative estimate of drug-likeness (QED) is 0.319. The van der Waals surface area contributed by atoms with Crippen LogP contribution in [0.5, 0.6) is 0 Å². The molecule has 2 aliphatic heterocycles. The average molecular weight is 538 g/mol. The smallest absolute Gasteiger partial charge is 0.243 e. The van der Waals surface area contributed by atoms with Crippen LogP contribution >= 0.6 is 0 Å². The molecule has 2 aromatic carbocycles. The molecule has 2 fully saturated rings. The first-order chi connectivity index (χ1) is 19.5. The normalized spacial score (nSPS) is 20.4. The lowest BCUT2D eigenvalue weighted by atomic mass is 9.90. The van der Waals surface area contributed by atoms with E-state index in [2.05, 4.69) is 15.6 Å². The number of anilines is 1. The molecule has 0 unspecified atom stereocenters. The molecule has 8 rings (SSSR count). The maximum atomic E-state index is 13.9. The number of fused-ring (bicyclic) bond motifs is 6. The molecule has 0 spiro atoms. The Hall–Kier alpha value is -5.26. The van der Waals surface area contributed by atoms with Crippen LogP contribution in [0.1, 0.15) is 48.9 Å². The number of nitrogens with one attached hydrogen (secondary N) is 1. The fourth-order valence-electron chi connectivity index (χ4n) is 5.90. The minimum Gasteiger partial charge on any atom is -0.463 e. The summed E-state index contributed by atoms with van der Waals surface area (Å²) in [6.07, 6.45) is 3.71. The molecule has 2 saturated heterocycles. The maximum absolute atomic E-state index is 13.9. The zero-order chi connectivity index (χ0) is 27.1. The SMILES string of the molecule is O=C1CC[C@H](c2noc3ccc4c(N5C(=O)CC[C@@H](c6noc7ccc8ccoc8c67)C5=O)coc4c23)C(=O)N1. The Kier molecular flexibility index (Phi) is 4.61. The molecule has 6 aromatic rings. The van der Waals surface area contributed by atoms with Gasteiger partial charge in [0.25, 0.3) is 0 Å². The van der Waals surface area contributed by atoms with Gasteiger partial charge in [0, 0.05) is 23.6 Å². The fourth-order valence-corrected chi connectivity index (χ4v) is 5.90. The molecule has 4 amide bonds. The van der Waals surface area contributed by atoms with Crippen molar-refractivity contribution in [2.75, 3.05) is 4.90 Å². The van der Waals surface area contributed by atoms with Crippen molar-refractivity contribution in [3.05, 3.63) is 54.2 Å². The molecule has 0 bridgehead atoms. The number of carbonyl (C=O) groups excluding carboxylic acids is 4. The van der Waals surface area contributed by atoms with Crippen LogP contribution in [-0.2, 0) is 19.2 Å². The highest BCUT2D eigenvalue weighted by Crippen LogP contribution is 2.43. The van der Waals surface area contributed by atoms with Gasteiger partial charge in [-0.2, -0.15) is 0 Å². The van der Waals surface area contributed by atoms with E-state index in [0.717, 1.165) is 10.3 Å². The number of hydrogen-bond acceptors (Lipinski definition) is 10. The molecular weight excluding hydrogens is 520 g/mol. The first kappa shape index (κ1) is 22.7. The fraction of sp³-hybridized carbons (Fsp3) is 0.214.